The predicted molar refractivity (Wildman–Crippen MR) is 135 cm³/mol. The summed E-state index contributed by atoms with van der Waals surface area (Å²) in [6.45, 7) is 9.37. The van der Waals surface area contributed by atoms with Gasteiger partial charge in [-0.25, -0.2) is 9.87 Å². The Bertz CT molecular complexity index is 1180. The minimum Gasteiger partial charge on any atom is -0.350 e. The number of nitrogens with zero attached hydrogens (tertiary/aromatic N) is 4. The Kier molecular flexibility index (Phi) is 8.18. The summed E-state index contributed by atoms with van der Waals surface area (Å²) in [5.74, 6) is 0.457. The van der Waals surface area contributed by atoms with Crippen molar-refractivity contribution >= 4 is 29.4 Å². The molecule has 35 heavy (non-hydrogen) atoms. The van der Waals surface area contributed by atoms with Crippen LogP contribution in [0.5, 0.6) is 0 Å². The van der Waals surface area contributed by atoms with Gasteiger partial charge in [0.1, 0.15) is 5.82 Å². The smallest absolute Gasteiger partial charge is 0.274 e. The van der Waals surface area contributed by atoms with E-state index in [1.54, 1.807) is 18.2 Å². The Hall–Kier alpha value is -3.79. The van der Waals surface area contributed by atoms with Crippen LogP contribution in [0.1, 0.15) is 42.3 Å². The first kappa shape index (κ1) is 25.8. The van der Waals surface area contributed by atoms with Gasteiger partial charge in [-0.15, -0.1) is 0 Å². The zero-order chi connectivity index (χ0) is 25.6. The number of rotatable bonds is 9. The van der Waals surface area contributed by atoms with Crippen LogP contribution < -0.4 is 21.0 Å². The Morgan fingerprint density at radius 1 is 1.09 bits per heavy atom. The van der Waals surface area contributed by atoms with Crippen molar-refractivity contribution in [2.75, 3.05) is 36.2 Å². The minimum absolute atomic E-state index is 0.0176. The second-order valence-electron chi connectivity index (χ2n) is 9.47. The molecule has 0 atom stereocenters. The first-order valence-corrected chi connectivity index (χ1v) is 11.2. The van der Waals surface area contributed by atoms with Crippen LogP contribution in [0.15, 0.2) is 42.5 Å². The fraction of sp³-hybridized carbons (Fsp3) is 0.360. The number of halogens is 1. The van der Waals surface area contributed by atoms with Crippen molar-refractivity contribution < 1.29 is 14.0 Å². The Labute approximate surface area is 205 Å². The lowest BCUT2D eigenvalue weighted by Crippen LogP contribution is -2.31. The van der Waals surface area contributed by atoms with Crippen molar-refractivity contribution in [2.24, 2.45) is 5.41 Å². The summed E-state index contributed by atoms with van der Waals surface area (Å²) < 4.78 is 13.6. The Morgan fingerprint density at radius 3 is 2.51 bits per heavy atom. The second kappa shape index (κ2) is 11.1. The van der Waals surface area contributed by atoms with Crippen molar-refractivity contribution in [1.82, 2.24) is 20.4 Å². The quantitative estimate of drug-likeness (QED) is 0.385. The van der Waals surface area contributed by atoms with E-state index in [0.29, 0.717) is 42.2 Å². The molecule has 0 radical (unpaired) electrons. The fourth-order valence-corrected chi connectivity index (χ4v) is 3.45. The number of aromatic nitrogens is 3. The number of aryl methyl sites for hydroxylation is 1. The lowest BCUT2D eigenvalue weighted by Gasteiger charge is -2.27. The molecule has 0 bridgehead atoms. The molecule has 2 aromatic carbocycles. The first-order chi connectivity index (χ1) is 16.5. The number of hydroxylamine groups is 1. The highest BCUT2D eigenvalue weighted by Gasteiger charge is 2.18. The van der Waals surface area contributed by atoms with Crippen molar-refractivity contribution in [3.63, 3.8) is 0 Å². The maximum Gasteiger partial charge on any atom is 0.274 e. The van der Waals surface area contributed by atoms with Gasteiger partial charge in [-0.1, -0.05) is 39.0 Å². The number of nitrogens with one attached hydrogen (secondary N) is 3. The predicted octanol–water partition coefficient (Wildman–Crippen LogP) is 4.45. The molecular formula is C25H32FN7O2. The number of carbonyl (C=O) groups excluding carboxylic acids is 1. The van der Waals surface area contributed by atoms with Crippen molar-refractivity contribution in [2.45, 2.75) is 34.2 Å². The Morgan fingerprint density at radius 2 is 1.83 bits per heavy atom. The molecule has 1 amide bonds. The van der Waals surface area contributed by atoms with E-state index < -0.39 is 0 Å². The first-order valence-electron chi connectivity index (χ1n) is 11.2. The summed E-state index contributed by atoms with van der Waals surface area (Å²) in [6, 6.07) is 11.6. The van der Waals surface area contributed by atoms with Gasteiger partial charge in [-0.3, -0.25) is 9.63 Å². The van der Waals surface area contributed by atoms with Crippen LogP contribution in [0, 0.1) is 18.2 Å². The second-order valence-corrected chi connectivity index (χ2v) is 9.47. The molecule has 0 aliphatic heterocycles. The van der Waals surface area contributed by atoms with Crippen LogP contribution in [-0.2, 0) is 11.4 Å². The molecular weight excluding hydrogens is 449 g/mol. The number of anilines is 4. The van der Waals surface area contributed by atoms with Crippen LogP contribution in [0.2, 0.25) is 0 Å². The third kappa shape index (κ3) is 7.61. The molecule has 3 rings (SSSR count). The number of carbonyl (C=O) groups is 1. The molecule has 0 aliphatic carbocycles. The number of amides is 1. The lowest BCUT2D eigenvalue weighted by atomic mass is 9.96. The van der Waals surface area contributed by atoms with E-state index >= 15 is 0 Å². The topological polar surface area (TPSA) is 104 Å². The maximum atomic E-state index is 13.6. The molecule has 10 heteroatoms. The standard InChI is InChI=1S/C25H32FN7O2/c1-16-10-11-18(21(34)32-35-6)13-20(16)28-23-29-22(27-14-17-8-7-9-19(26)12-17)30-24(31-23)33(5)15-25(2,3)4/h7-13H,14-15H2,1-6H3,(H,32,34)(H2,27,28,29,30,31). The SMILES string of the molecule is CONC(=O)c1ccc(C)c(Nc2nc(NCc3cccc(F)c3)nc(N(C)CC(C)(C)C)n2)c1. The number of benzene rings is 2. The molecule has 0 fully saturated rings. The molecule has 0 saturated carbocycles. The Balaban J connectivity index is 1.92. The van der Waals surface area contributed by atoms with Crippen LogP contribution in [-0.4, -0.2) is 41.6 Å². The van der Waals surface area contributed by atoms with Crippen molar-refractivity contribution in [3.05, 3.63) is 65.0 Å². The molecule has 0 spiro atoms. The van der Waals surface area contributed by atoms with E-state index in [1.807, 2.05) is 31.0 Å². The minimum atomic E-state index is -0.366. The van der Waals surface area contributed by atoms with Crippen LogP contribution >= 0.6 is 0 Å². The number of hydrogen-bond donors (Lipinski definition) is 3. The van der Waals surface area contributed by atoms with Gasteiger partial charge in [0.05, 0.1) is 7.11 Å². The highest BCUT2D eigenvalue weighted by Crippen LogP contribution is 2.24. The monoisotopic (exact) mass is 481 g/mol. The van der Waals surface area contributed by atoms with Crippen LogP contribution in [0.25, 0.3) is 0 Å². The van der Waals surface area contributed by atoms with E-state index in [4.69, 9.17) is 4.84 Å². The molecule has 0 saturated heterocycles. The average molecular weight is 482 g/mol. The summed E-state index contributed by atoms with van der Waals surface area (Å²) in [7, 11) is 3.30. The van der Waals surface area contributed by atoms with E-state index in [-0.39, 0.29) is 17.1 Å². The van der Waals surface area contributed by atoms with Gasteiger partial charge in [0, 0.05) is 31.4 Å². The summed E-state index contributed by atoms with van der Waals surface area (Å²) in [4.78, 5) is 32.5. The third-order valence-corrected chi connectivity index (χ3v) is 4.96. The maximum absolute atomic E-state index is 13.6. The number of hydrogen-bond acceptors (Lipinski definition) is 8. The molecule has 1 aromatic heterocycles. The summed E-state index contributed by atoms with van der Waals surface area (Å²) in [5, 5.41) is 6.36. The fourth-order valence-electron chi connectivity index (χ4n) is 3.45. The molecule has 3 aromatic rings. The molecule has 0 unspecified atom stereocenters. The highest BCUT2D eigenvalue weighted by atomic mass is 19.1. The van der Waals surface area contributed by atoms with Gasteiger partial charge < -0.3 is 15.5 Å². The highest BCUT2D eigenvalue weighted by molar-refractivity contribution is 5.94. The van der Waals surface area contributed by atoms with Gasteiger partial charge in [-0.2, -0.15) is 15.0 Å². The molecule has 1 heterocycles. The lowest BCUT2D eigenvalue weighted by molar-refractivity contribution is 0.0537. The van der Waals surface area contributed by atoms with E-state index in [1.165, 1.54) is 19.2 Å². The molecule has 0 aliphatic rings. The van der Waals surface area contributed by atoms with Gasteiger partial charge in [0.2, 0.25) is 17.8 Å². The average Bonchev–Trinajstić information content (AvgIpc) is 2.78. The van der Waals surface area contributed by atoms with Crippen molar-refractivity contribution in [1.29, 1.82) is 0 Å². The largest absolute Gasteiger partial charge is 0.350 e. The molecule has 3 N–H and O–H groups in total. The summed E-state index contributed by atoms with van der Waals surface area (Å²) in [5.41, 5.74) is 5.08. The molecule has 186 valence electrons. The van der Waals surface area contributed by atoms with E-state index in [2.05, 4.69) is 51.8 Å². The van der Waals surface area contributed by atoms with Gasteiger partial charge >= 0.3 is 0 Å². The van der Waals surface area contributed by atoms with Gasteiger partial charge in [0.25, 0.3) is 5.91 Å². The zero-order valence-corrected chi connectivity index (χ0v) is 20.9. The summed E-state index contributed by atoms with van der Waals surface area (Å²) >= 11 is 0. The van der Waals surface area contributed by atoms with Crippen molar-refractivity contribution in [3.8, 4) is 0 Å². The van der Waals surface area contributed by atoms with Gasteiger partial charge in [-0.05, 0) is 47.7 Å². The summed E-state index contributed by atoms with van der Waals surface area (Å²) in [6.07, 6.45) is 0. The van der Waals surface area contributed by atoms with E-state index in [9.17, 15) is 9.18 Å². The zero-order valence-electron chi connectivity index (χ0n) is 20.9. The van der Waals surface area contributed by atoms with Crippen LogP contribution in [0.3, 0.4) is 0 Å². The van der Waals surface area contributed by atoms with Gasteiger partial charge in [0.15, 0.2) is 0 Å². The third-order valence-electron chi connectivity index (χ3n) is 4.96. The van der Waals surface area contributed by atoms with E-state index in [0.717, 1.165) is 11.1 Å². The molecule has 9 nitrogen and oxygen atoms in total. The normalized spacial score (nSPS) is 11.2. The van der Waals surface area contributed by atoms with Crippen LogP contribution in [0.4, 0.5) is 27.9 Å².